The topological polar surface area (TPSA) is 32.7 Å². The van der Waals surface area contributed by atoms with Gasteiger partial charge in [0.15, 0.2) is 0 Å². The number of piperidine rings is 1. The number of benzene rings is 1. The van der Waals surface area contributed by atoms with Crippen molar-refractivity contribution in [1.82, 2.24) is 4.90 Å². The van der Waals surface area contributed by atoms with Crippen molar-refractivity contribution >= 4 is 15.9 Å². The summed E-state index contributed by atoms with van der Waals surface area (Å²) >= 11 is 3.35. The summed E-state index contributed by atoms with van der Waals surface area (Å²) in [4.78, 5) is 2.34. The van der Waals surface area contributed by atoms with Crippen molar-refractivity contribution in [2.45, 2.75) is 31.9 Å². The standard InChI is InChI=1S/C14H20BrNO2/c1-14(18-2)7-4-8-16(10-14)9-11-5-3-6-12(15)13(11)17/h3,5-6,17H,4,7-10H2,1-2H3. The summed E-state index contributed by atoms with van der Waals surface area (Å²) in [6.45, 7) is 4.89. The number of nitrogens with zero attached hydrogens (tertiary/aromatic N) is 1. The number of para-hydroxylation sites is 1. The van der Waals surface area contributed by atoms with Gasteiger partial charge in [0.1, 0.15) is 5.75 Å². The van der Waals surface area contributed by atoms with Crippen LogP contribution in [0.4, 0.5) is 0 Å². The van der Waals surface area contributed by atoms with E-state index < -0.39 is 0 Å². The van der Waals surface area contributed by atoms with Crippen molar-refractivity contribution in [2.24, 2.45) is 0 Å². The van der Waals surface area contributed by atoms with Crippen LogP contribution in [0.3, 0.4) is 0 Å². The predicted molar refractivity (Wildman–Crippen MR) is 75.7 cm³/mol. The summed E-state index contributed by atoms with van der Waals surface area (Å²) in [7, 11) is 1.78. The monoisotopic (exact) mass is 313 g/mol. The number of phenols is 1. The number of aromatic hydroxyl groups is 1. The molecule has 1 aliphatic rings. The SMILES string of the molecule is COC1(C)CCCN(Cc2cccc(Br)c2O)C1. The van der Waals surface area contributed by atoms with Crippen molar-refractivity contribution in [2.75, 3.05) is 20.2 Å². The Hall–Kier alpha value is -0.580. The highest BCUT2D eigenvalue weighted by Crippen LogP contribution is 2.30. The molecule has 0 aliphatic carbocycles. The lowest BCUT2D eigenvalue weighted by molar-refractivity contribution is -0.0528. The Bertz CT molecular complexity index is 424. The minimum Gasteiger partial charge on any atom is -0.506 e. The lowest BCUT2D eigenvalue weighted by Gasteiger charge is -2.39. The molecule has 1 saturated heterocycles. The molecule has 0 aromatic heterocycles. The molecule has 1 fully saturated rings. The van der Waals surface area contributed by atoms with Crippen molar-refractivity contribution < 1.29 is 9.84 Å². The van der Waals surface area contributed by atoms with Crippen LogP contribution in [0, 0.1) is 0 Å². The van der Waals surface area contributed by atoms with Gasteiger partial charge in [-0.1, -0.05) is 12.1 Å². The Morgan fingerprint density at radius 1 is 1.50 bits per heavy atom. The van der Waals surface area contributed by atoms with Crippen LogP contribution in [0.5, 0.6) is 5.75 Å². The third kappa shape index (κ3) is 3.05. The second-order valence-corrected chi connectivity index (χ2v) is 6.07. The average Bonchev–Trinajstić information content (AvgIpc) is 2.35. The van der Waals surface area contributed by atoms with E-state index in [-0.39, 0.29) is 5.60 Å². The van der Waals surface area contributed by atoms with E-state index in [1.165, 1.54) is 0 Å². The zero-order valence-corrected chi connectivity index (χ0v) is 12.5. The number of methoxy groups -OCH3 is 1. The van der Waals surface area contributed by atoms with Gasteiger partial charge >= 0.3 is 0 Å². The van der Waals surface area contributed by atoms with Gasteiger partial charge in [-0.15, -0.1) is 0 Å². The van der Waals surface area contributed by atoms with Crippen molar-refractivity contribution in [3.8, 4) is 5.75 Å². The Morgan fingerprint density at radius 2 is 2.28 bits per heavy atom. The Labute approximate surface area is 117 Å². The van der Waals surface area contributed by atoms with Gasteiger partial charge in [0.25, 0.3) is 0 Å². The number of phenolic OH excluding ortho intramolecular Hbond substituents is 1. The lowest BCUT2D eigenvalue weighted by Crippen LogP contribution is -2.46. The molecule has 1 N–H and O–H groups in total. The maximum absolute atomic E-state index is 10.0. The number of hydrogen-bond acceptors (Lipinski definition) is 3. The number of halogens is 1. The highest BCUT2D eigenvalue weighted by atomic mass is 79.9. The predicted octanol–water partition coefficient (Wildman–Crippen LogP) is 3.16. The minimum atomic E-state index is -0.0557. The van der Waals surface area contributed by atoms with E-state index in [0.717, 1.165) is 42.5 Å². The van der Waals surface area contributed by atoms with Crippen LogP contribution < -0.4 is 0 Å². The van der Waals surface area contributed by atoms with E-state index in [1.54, 1.807) is 7.11 Å². The van der Waals surface area contributed by atoms with Crippen molar-refractivity contribution in [3.63, 3.8) is 0 Å². The van der Waals surface area contributed by atoms with Crippen LogP contribution in [-0.2, 0) is 11.3 Å². The fraction of sp³-hybridized carbons (Fsp3) is 0.571. The maximum Gasteiger partial charge on any atom is 0.134 e. The molecule has 0 amide bonds. The van der Waals surface area contributed by atoms with Crippen LogP contribution in [0.15, 0.2) is 22.7 Å². The van der Waals surface area contributed by atoms with Crippen LogP contribution in [0.1, 0.15) is 25.3 Å². The smallest absolute Gasteiger partial charge is 0.134 e. The first kappa shape index (κ1) is 13.8. The van der Waals surface area contributed by atoms with Crippen LogP contribution in [0.2, 0.25) is 0 Å². The van der Waals surface area contributed by atoms with E-state index >= 15 is 0 Å². The van der Waals surface area contributed by atoms with Crippen LogP contribution in [0.25, 0.3) is 0 Å². The molecule has 4 heteroatoms. The van der Waals surface area contributed by atoms with Crippen LogP contribution in [-0.4, -0.2) is 35.8 Å². The summed E-state index contributed by atoms with van der Waals surface area (Å²) in [6, 6.07) is 5.78. The molecule has 0 spiro atoms. The normalized spacial score (nSPS) is 25.3. The average molecular weight is 314 g/mol. The molecule has 2 rings (SSSR count). The largest absolute Gasteiger partial charge is 0.506 e. The lowest BCUT2D eigenvalue weighted by atomic mass is 9.94. The molecule has 18 heavy (non-hydrogen) atoms. The summed E-state index contributed by atoms with van der Waals surface area (Å²) in [6.07, 6.45) is 2.24. The first-order valence-corrected chi connectivity index (χ1v) is 7.07. The van der Waals surface area contributed by atoms with Gasteiger partial charge < -0.3 is 9.84 Å². The number of rotatable bonds is 3. The fourth-order valence-electron chi connectivity index (χ4n) is 2.54. The van der Waals surface area contributed by atoms with E-state index in [1.807, 2.05) is 18.2 Å². The molecule has 1 aliphatic heterocycles. The minimum absolute atomic E-state index is 0.0557. The second kappa shape index (κ2) is 5.59. The molecule has 1 heterocycles. The molecule has 1 aromatic rings. The first-order valence-electron chi connectivity index (χ1n) is 6.28. The van der Waals surface area contributed by atoms with E-state index in [2.05, 4.69) is 27.8 Å². The molecule has 1 aromatic carbocycles. The number of ether oxygens (including phenoxy) is 1. The molecule has 0 saturated carbocycles. The first-order chi connectivity index (χ1) is 8.54. The molecule has 0 radical (unpaired) electrons. The molecule has 3 nitrogen and oxygen atoms in total. The van der Waals surface area contributed by atoms with Gasteiger partial charge in [-0.05, 0) is 48.3 Å². The second-order valence-electron chi connectivity index (χ2n) is 5.22. The maximum atomic E-state index is 10.0. The van der Waals surface area contributed by atoms with E-state index in [4.69, 9.17) is 4.74 Å². The molecule has 100 valence electrons. The Kier molecular flexibility index (Phi) is 4.30. The molecular weight excluding hydrogens is 294 g/mol. The highest BCUT2D eigenvalue weighted by Gasteiger charge is 2.30. The van der Waals surface area contributed by atoms with Gasteiger partial charge in [-0.2, -0.15) is 0 Å². The van der Waals surface area contributed by atoms with Crippen LogP contribution >= 0.6 is 15.9 Å². The molecule has 0 bridgehead atoms. The van der Waals surface area contributed by atoms with Gasteiger partial charge in [-0.25, -0.2) is 0 Å². The van der Waals surface area contributed by atoms with E-state index in [9.17, 15) is 5.11 Å². The summed E-state index contributed by atoms with van der Waals surface area (Å²) in [5.74, 6) is 0.349. The van der Waals surface area contributed by atoms with Gasteiger partial charge in [0.05, 0.1) is 10.1 Å². The summed E-state index contributed by atoms with van der Waals surface area (Å²) in [5.41, 5.74) is 0.907. The Morgan fingerprint density at radius 3 is 3.00 bits per heavy atom. The van der Waals surface area contributed by atoms with E-state index in [0.29, 0.717) is 5.75 Å². The van der Waals surface area contributed by atoms with Gasteiger partial charge in [0, 0.05) is 25.8 Å². The van der Waals surface area contributed by atoms with Gasteiger partial charge in [0.2, 0.25) is 0 Å². The summed E-state index contributed by atoms with van der Waals surface area (Å²) < 4.78 is 6.34. The third-order valence-electron chi connectivity index (χ3n) is 3.70. The highest BCUT2D eigenvalue weighted by molar-refractivity contribution is 9.10. The molecule has 1 unspecified atom stereocenters. The molecular formula is C14H20BrNO2. The zero-order valence-electron chi connectivity index (χ0n) is 10.9. The zero-order chi connectivity index (χ0) is 13.2. The van der Waals surface area contributed by atoms with Crippen molar-refractivity contribution in [1.29, 1.82) is 0 Å². The van der Waals surface area contributed by atoms with Crippen molar-refractivity contribution in [3.05, 3.63) is 28.2 Å². The summed E-state index contributed by atoms with van der Waals surface area (Å²) in [5, 5.41) is 10.0. The number of hydrogen-bond donors (Lipinski definition) is 1. The quantitative estimate of drug-likeness (QED) is 0.930. The third-order valence-corrected chi connectivity index (χ3v) is 4.34. The fourth-order valence-corrected chi connectivity index (χ4v) is 2.95. The Balaban J connectivity index is 2.07. The number of likely N-dealkylation sites (tertiary alicyclic amines) is 1. The van der Waals surface area contributed by atoms with Gasteiger partial charge in [-0.3, -0.25) is 4.90 Å². The molecule has 1 atom stereocenters.